The molecule has 2 atom stereocenters. The summed E-state index contributed by atoms with van der Waals surface area (Å²) in [5, 5.41) is 12.6. The highest BCUT2D eigenvalue weighted by Crippen LogP contribution is 2.27. The maximum atomic E-state index is 11.4. The molecule has 0 spiro atoms. The Labute approximate surface area is 101 Å². The van der Waals surface area contributed by atoms with E-state index in [1.807, 2.05) is 12.1 Å². The van der Waals surface area contributed by atoms with Crippen molar-refractivity contribution in [1.29, 1.82) is 0 Å². The van der Waals surface area contributed by atoms with Crippen LogP contribution in [0.15, 0.2) is 24.3 Å². The van der Waals surface area contributed by atoms with Crippen LogP contribution in [-0.2, 0) is 9.53 Å². The smallest absolute Gasteiger partial charge is 0.309 e. The molecule has 1 fully saturated rings. The second-order valence-electron chi connectivity index (χ2n) is 4.35. The predicted molar refractivity (Wildman–Crippen MR) is 63.6 cm³/mol. The molecule has 0 amide bonds. The lowest BCUT2D eigenvalue weighted by Gasteiger charge is -2.28. The molecule has 1 aliphatic rings. The van der Waals surface area contributed by atoms with E-state index in [9.17, 15) is 9.90 Å². The predicted octanol–water partition coefficient (Wildman–Crippen LogP) is 1.61. The van der Waals surface area contributed by atoms with E-state index in [1.54, 1.807) is 12.1 Å². The van der Waals surface area contributed by atoms with Gasteiger partial charge in [-0.25, -0.2) is 0 Å². The number of piperidine rings is 1. The maximum Gasteiger partial charge on any atom is 0.309 e. The molecule has 0 bridgehead atoms. The van der Waals surface area contributed by atoms with E-state index >= 15 is 0 Å². The normalized spacial score (nSPS) is 24.3. The van der Waals surface area contributed by atoms with Crippen LogP contribution in [0.4, 0.5) is 0 Å². The highest BCUT2D eigenvalue weighted by Gasteiger charge is 2.26. The Kier molecular flexibility index (Phi) is 3.64. The van der Waals surface area contributed by atoms with Gasteiger partial charge in [0.25, 0.3) is 0 Å². The average molecular weight is 235 g/mol. The van der Waals surface area contributed by atoms with E-state index in [0.29, 0.717) is 6.54 Å². The number of carbonyl (C=O) groups is 1. The van der Waals surface area contributed by atoms with E-state index in [0.717, 1.165) is 18.4 Å². The average Bonchev–Trinajstić information content (AvgIpc) is 2.39. The fraction of sp³-hybridized carbons (Fsp3) is 0.462. The minimum absolute atomic E-state index is 0.0339. The van der Waals surface area contributed by atoms with Gasteiger partial charge in [0.15, 0.2) is 0 Å². The minimum Gasteiger partial charge on any atom is -0.508 e. The van der Waals surface area contributed by atoms with Crippen LogP contribution < -0.4 is 5.32 Å². The number of esters is 1. The maximum absolute atomic E-state index is 11.4. The van der Waals surface area contributed by atoms with E-state index in [4.69, 9.17) is 4.74 Å². The Hall–Kier alpha value is -1.55. The van der Waals surface area contributed by atoms with Crippen LogP contribution >= 0.6 is 0 Å². The van der Waals surface area contributed by atoms with Gasteiger partial charge >= 0.3 is 5.97 Å². The first-order valence-corrected chi connectivity index (χ1v) is 5.81. The molecule has 1 heterocycles. The summed E-state index contributed by atoms with van der Waals surface area (Å²) in [6.45, 7) is 0.651. The number of rotatable bonds is 2. The molecule has 0 aromatic heterocycles. The zero-order valence-electron chi connectivity index (χ0n) is 9.85. The van der Waals surface area contributed by atoms with Crippen molar-refractivity contribution in [1.82, 2.24) is 5.32 Å². The molecule has 2 N–H and O–H groups in total. The molecule has 17 heavy (non-hydrogen) atoms. The Morgan fingerprint density at radius 1 is 1.35 bits per heavy atom. The first kappa shape index (κ1) is 11.9. The summed E-state index contributed by atoms with van der Waals surface area (Å²) in [6.07, 6.45) is 1.75. The molecule has 1 saturated heterocycles. The van der Waals surface area contributed by atoms with Gasteiger partial charge in [-0.2, -0.15) is 0 Å². The summed E-state index contributed by atoms with van der Waals surface area (Å²) in [7, 11) is 1.42. The summed E-state index contributed by atoms with van der Waals surface area (Å²) < 4.78 is 4.73. The lowest BCUT2D eigenvalue weighted by molar-refractivity contribution is -0.146. The lowest BCUT2D eigenvalue weighted by Crippen LogP contribution is -2.37. The number of phenolic OH excluding ortho intramolecular Hbond substituents is 1. The third-order valence-electron chi connectivity index (χ3n) is 3.24. The van der Waals surface area contributed by atoms with Crippen LogP contribution in [0, 0.1) is 5.92 Å². The summed E-state index contributed by atoms with van der Waals surface area (Å²) in [5.41, 5.74) is 1.14. The Morgan fingerprint density at radius 2 is 2.06 bits per heavy atom. The van der Waals surface area contributed by atoms with E-state index in [1.165, 1.54) is 7.11 Å². The van der Waals surface area contributed by atoms with Crippen LogP contribution in [0.5, 0.6) is 5.75 Å². The number of benzene rings is 1. The first-order valence-electron chi connectivity index (χ1n) is 5.81. The van der Waals surface area contributed by atoms with Gasteiger partial charge in [-0.3, -0.25) is 4.79 Å². The zero-order valence-corrected chi connectivity index (χ0v) is 9.85. The van der Waals surface area contributed by atoms with Gasteiger partial charge in [-0.15, -0.1) is 0 Å². The topological polar surface area (TPSA) is 58.6 Å². The quantitative estimate of drug-likeness (QED) is 0.764. The van der Waals surface area contributed by atoms with Crippen molar-refractivity contribution in [2.45, 2.75) is 18.9 Å². The molecule has 1 aliphatic heterocycles. The SMILES string of the molecule is COC(=O)C1CCC(c2ccc(O)cc2)NC1. The zero-order chi connectivity index (χ0) is 12.3. The monoisotopic (exact) mass is 235 g/mol. The first-order chi connectivity index (χ1) is 8.20. The highest BCUT2D eigenvalue weighted by molar-refractivity contribution is 5.72. The van der Waals surface area contributed by atoms with Crippen molar-refractivity contribution >= 4 is 5.97 Å². The molecule has 2 rings (SSSR count). The summed E-state index contributed by atoms with van der Waals surface area (Å²) >= 11 is 0. The minimum atomic E-state index is -0.137. The molecule has 0 radical (unpaired) electrons. The molecule has 4 nitrogen and oxygen atoms in total. The fourth-order valence-corrected chi connectivity index (χ4v) is 2.22. The number of hydrogen-bond donors (Lipinski definition) is 2. The summed E-state index contributed by atoms with van der Waals surface area (Å²) in [6, 6.07) is 7.44. The molecule has 92 valence electrons. The largest absolute Gasteiger partial charge is 0.508 e. The van der Waals surface area contributed by atoms with E-state index in [2.05, 4.69) is 5.32 Å². The van der Waals surface area contributed by atoms with Gasteiger partial charge in [0.2, 0.25) is 0 Å². The number of nitrogens with one attached hydrogen (secondary N) is 1. The van der Waals surface area contributed by atoms with E-state index in [-0.39, 0.29) is 23.7 Å². The Bertz CT molecular complexity index is 380. The van der Waals surface area contributed by atoms with Gasteiger partial charge in [0, 0.05) is 12.6 Å². The number of aromatic hydroxyl groups is 1. The van der Waals surface area contributed by atoms with Crippen LogP contribution in [0.25, 0.3) is 0 Å². The van der Waals surface area contributed by atoms with Crippen LogP contribution in [0.3, 0.4) is 0 Å². The molecule has 0 aliphatic carbocycles. The molecule has 2 unspecified atom stereocenters. The summed E-state index contributed by atoms with van der Waals surface area (Å²) in [4.78, 5) is 11.4. The van der Waals surface area contributed by atoms with Crippen molar-refractivity contribution in [2.24, 2.45) is 5.92 Å². The van der Waals surface area contributed by atoms with Crippen LogP contribution in [0.2, 0.25) is 0 Å². The van der Waals surface area contributed by atoms with Gasteiger partial charge in [0.05, 0.1) is 13.0 Å². The number of hydrogen-bond acceptors (Lipinski definition) is 4. The van der Waals surface area contributed by atoms with Crippen LogP contribution in [-0.4, -0.2) is 24.7 Å². The third kappa shape index (κ3) is 2.77. The van der Waals surface area contributed by atoms with Crippen molar-refractivity contribution in [3.8, 4) is 5.75 Å². The van der Waals surface area contributed by atoms with Gasteiger partial charge in [0.1, 0.15) is 5.75 Å². The molecular weight excluding hydrogens is 218 g/mol. The highest BCUT2D eigenvalue weighted by atomic mass is 16.5. The molecule has 1 aromatic rings. The Balaban J connectivity index is 1.95. The molecule has 1 aromatic carbocycles. The van der Waals surface area contributed by atoms with Gasteiger partial charge in [-0.05, 0) is 30.5 Å². The number of ether oxygens (including phenoxy) is 1. The van der Waals surface area contributed by atoms with Gasteiger partial charge in [-0.1, -0.05) is 12.1 Å². The molecule has 4 heteroatoms. The lowest BCUT2D eigenvalue weighted by atomic mass is 9.91. The second-order valence-corrected chi connectivity index (χ2v) is 4.35. The second kappa shape index (κ2) is 5.19. The molecular formula is C13H17NO3. The fourth-order valence-electron chi connectivity index (χ4n) is 2.22. The van der Waals surface area contributed by atoms with E-state index < -0.39 is 0 Å². The van der Waals surface area contributed by atoms with Crippen molar-refractivity contribution in [3.05, 3.63) is 29.8 Å². The number of phenols is 1. The number of methoxy groups -OCH3 is 1. The van der Waals surface area contributed by atoms with Gasteiger partial charge < -0.3 is 15.2 Å². The standard InChI is InChI=1S/C13H17NO3/c1-17-13(16)10-4-7-12(14-8-10)9-2-5-11(15)6-3-9/h2-3,5-6,10,12,14-15H,4,7-8H2,1H3. The Morgan fingerprint density at radius 3 is 2.59 bits per heavy atom. The van der Waals surface area contributed by atoms with Crippen LogP contribution in [0.1, 0.15) is 24.4 Å². The van der Waals surface area contributed by atoms with Crippen molar-refractivity contribution in [2.75, 3.05) is 13.7 Å². The number of carbonyl (C=O) groups excluding carboxylic acids is 1. The van der Waals surface area contributed by atoms with Crippen molar-refractivity contribution in [3.63, 3.8) is 0 Å². The third-order valence-corrected chi connectivity index (χ3v) is 3.24. The summed E-state index contributed by atoms with van der Waals surface area (Å²) in [5.74, 6) is 0.104. The van der Waals surface area contributed by atoms with Crippen molar-refractivity contribution < 1.29 is 14.6 Å². The molecule has 0 saturated carbocycles.